The molecule has 0 amide bonds. The first-order valence-electron chi connectivity index (χ1n) is 6.41. The van der Waals surface area contributed by atoms with Crippen LogP contribution in [0.25, 0.3) is 0 Å². The SMILES string of the molecule is COC(=O)C(C)(Nc1ccc(C)cc1)c1ccccn1. The van der Waals surface area contributed by atoms with Crippen molar-refractivity contribution in [3.63, 3.8) is 0 Å². The average molecular weight is 270 g/mol. The minimum Gasteiger partial charge on any atom is -0.467 e. The van der Waals surface area contributed by atoms with Crippen molar-refractivity contribution in [3.8, 4) is 0 Å². The number of esters is 1. The molecule has 20 heavy (non-hydrogen) atoms. The number of hydrogen-bond donors (Lipinski definition) is 1. The van der Waals surface area contributed by atoms with Gasteiger partial charge in [-0.15, -0.1) is 0 Å². The van der Waals surface area contributed by atoms with Gasteiger partial charge in [-0.05, 0) is 38.1 Å². The van der Waals surface area contributed by atoms with Crippen molar-refractivity contribution in [1.29, 1.82) is 0 Å². The van der Waals surface area contributed by atoms with E-state index in [0.717, 1.165) is 11.3 Å². The maximum absolute atomic E-state index is 12.2. The third kappa shape index (κ3) is 2.79. The smallest absolute Gasteiger partial charge is 0.337 e. The fraction of sp³-hybridized carbons (Fsp3) is 0.250. The van der Waals surface area contributed by atoms with Crippen molar-refractivity contribution in [1.82, 2.24) is 4.98 Å². The molecule has 1 heterocycles. The number of aryl methyl sites for hydroxylation is 1. The molecule has 0 saturated heterocycles. The molecule has 1 N–H and O–H groups in total. The predicted molar refractivity (Wildman–Crippen MR) is 78.4 cm³/mol. The van der Waals surface area contributed by atoms with Crippen LogP contribution in [0.3, 0.4) is 0 Å². The quantitative estimate of drug-likeness (QED) is 0.868. The minimum atomic E-state index is -1.02. The zero-order chi connectivity index (χ0) is 14.6. The number of anilines is 1. The van der Waals surface area contributed by atoms with Crippen LogP contribution >= 0.6 is 0 Å². The number of aromatic nitrogens is 1. The lowest BCUT2D eigenvalue weighted by molar-refractivity contribution is -0.145. The molecule has 0 aliphatic heterocycles. The third-order valence-corrected chi connectivity index (χ3v) is 3.22. The van der Waals surface area contributed by atoms with E-state index in [0.29, 0.717) is 5.69 Å². The zero-order valence-electron chi connectivity index (χ0n) is 11.9. The van der Waals surface area contributed by atoms with Crippen LogP contribution in [0.1, 0.15) is 18.2 Å². The molecule has 4 nitrogen and oxygen atoms in total. The van der Waals surface area contributed by atoms with Gasteiger partial charge in [0.15, 0.2) is 5.54 Å². The van der Waals surface area contributed by atoms with E-state index in [-0.39, 0.29) is 5.97 Å². The Hall–Kier alpha value is -2.36. The van der Waals surface area contributed by atoms with Crippen molar-refractivity contribution in [2.24, 2.45) is 0 Å². The average Bonchev–Trinajstić information content (AvgIpc) is 2.49. The molecular weight excluding hydrogens is 252 g/mol. The number of methoxy groups -OCH3 is 1. The largest absolute Gasteiger partial charge is 0.467 e. The van der Waals surface area contributed by atoms with Gasteiger partial charge in [-0.2, -0.15) is 0 Å². The van der Waals surface area contributed by atoms with E-state index in [1.54, 1.807) is 19.2 Å². The standard InChI is InChI=1S/C16H18N2O2/c1-12-7-9-13(10-8-12)18-16(2,15(19)20-3)14-6-4-5-11-17-14/h4-11,18H,1-3H3. The lowest BCUT2D eigenvalue weighted by Crippen LogP contribution is -2.42. The Bertz CT molecular complexity index is 581. The van der Waals surface area contributed by atoms with Crippen LogP contribution in [0.5, 0.6) is 0 Å². The zero-order valence-corrected chi connectivity index (χ0v) is 11.9. The second-order valence-corrected chi connectivity index (χ2v) is 4.82. The Labute approximate surface area is 118 Å². The molecule has 1 aromatic heterocycles. The number of carbonyl (C=O) groups excluding carboxylic acids is 1. The molecular formula is C16H18N2O2. The Kier molecular flexibility index (Phi) is 4.03. The van der Waals surface area contributed by atoms with E-state index >= 15 is 0 Å². The lowest BCUT2D eigenvalue weighted by Gasteiger charge is -2.28. The Morgan fingerprint density at radius 2 is 1.90 bits per heavy atom. The second-order valence-electron chi connectivity index (χ2n) is 4.82. The highest BCUT2D eigenvalue weighted by Crippen LogP contribution is 2.26. The summed E-state index contributed by atoms with van der Waals surface area (Å²) in [4.78, 5) is 16.5. The molecule has 0 aliphatic carbocycles. The number of rotatable bonds is 4. The van der Waals surface area contributed by atoms with E-state index in [9.17, 15) is 4.79 Å². The normalized spacial score (nSPS) is 13.3. The molecule has 0 radical (unpaired) electrons. The topological polar surface area (TPSA) is 51.2 Å². The molecule has 2 aromatic rings. The summed E-state index contributed by atoms with van der Waals surface area (Å²) in [5.41, 5.74) is 1.60. The molecule has 2 rings (SSSR count). The highest BCUT2D eigenvalue weighted by atomic mass is 16.5. The molecule has 1 atom stereocenters. The summed E-state index contributed by atoms with van der Waals surface area (Å²) in [5.74, 6) is -0.378. The van der Waals surface area contributed by atoms with Gasteiger partial charge in [-0.3, -0.25) is 4.98 Å². The van der Waals surface area contributed by atoms with E-state index in [2.05, 4.69) is 10.3 Å². The van der Waals surface area contributed by atoms with Gasteiger partial charge in [-0.25, -0.2) is 4.79 Å². The summed E-state index contributed by atoms with van der Waals surface area (Å²) in [6, 6.07) is 13.3. The van der Waals surface area contributed by atoms with Gasteiger partial charge in [0.05, 0.1) is 12.8 Å². The highest BCUT2D eigenvalue weighted by molar-refractivity contribution is 5.85. The first-order valence-corrected chi connectivity index (χ1v) is 6.41. The maximum atomic E-state index is 12.2. The number of hydrogen-bond acceptors (Lipinski definition) is 4. The molecule has 0 bridgehead atoms. The van der Waals surface area contributed by atoms with Crippen LogP contribution in [0.4, 0.5) is 5.69 Å². The molecule has 4 heteroatoms. The summed E-state index contributed by atoms with van der Waals surface area (Å²) in [6.45, 7) is 3.78. The number of nitrogens with one attached hydrogen (secondary N) is 1. The monoisotopic (exact) mass is 270 g/mol. The van der Waals surface area contributed by atoms with Crippen molar-refractivity contribution < 1.29 is 9.53 Å². The van der Waals surface area contributed by atoms with Gasteiger partial charge in [0.25, 0.3) is 0 Å². The predicted octanol–water partition coefficient (Wildman–Crippen LogP) is 2.89. The van der Waals surface area contributed by atoms with Gasteiger partial charge in [-0.1, -0.05) is 23.8 Å². The first-order chi connectivity index (χ1) is 9.56. The highest BCUT2D eigenvalue weighted by Gasteiger charge is 2.37. The van der Waals surface area contributed by atoms with Crippen molar-refractivity contribution in [2.75, 3.05) is 12.4 Å². The Balaban J connectivity index is 2.38. The van der Waals surface area contributed by atoms with Crippen molar-refractivity contribution in [2.45, 2.75) is 19.4 Å². The van der Waals surface area contributed by atoms with E-state index < -0.39 is 5.54 Å². The molecule has 0 spiro atoms. The van der Waals surface area contributed by atoms with Crippen LogP contribution in [0, 0.1) is 6.92 Å². The second kappa shape index (κ2) is 5.74. The number of benzene rings is 1. The summed E-state index contributed by atoms with van der Waals surface area (Å²) in [7, 11) is 1.38. The van der Waals surface area contributed by atoms with E-state index in [4.69, 9.17) is 4.74 Å². The molecule has 104 valence electrons. The minimum absolute atomic E-state index is 0.378. The van der Waals surface area contributed by atoms with Crippen LogP contribution in [-0.4, -0.2) is 18.1 Å². The van der Waals surface area contributed by atoms with Gasteiger partial charge >= 0.3 is 5.97 Å². The van der Waals surface area contributed by atoms with Crippen LogP contribution in [0.2, 0.25) is 0 Å². The number of ether oxygens (including phenoxy) is 1. The van der Waals surface area contributed by atoms with E-state index in [1.165, 1.54) is 7.11 Å². The fourth-order valence-corrected chi connectivity index (χ4v) is 2.01. The summed E-state index contributed by atoms with van der Waals surface area (Å²) >= 11 is 0. The maximum Gasteiger partial charge on any atom is 0.337 e. The van der Waals surface area contributed by atoms with E-state index in [1.807, 2.05) is 43.3 Å². The van der Waals surface area contributed by atoms with Crippen LogP contribution in [0.15, 0.2) is 48.7 Å². The van der Waals surface area contributed by atoms with Crippen molar-refractivity contribution >= 4 is 11.7 Å². The number of nitrogens with zero attached hydrogens (tertiary/aromatic N) is 1. The van der Waals surface area contributed by atoms with Gasteiger partial charge in [0, 0.05) is 11.9 Å². The molecule has 1 unspecified atom stereocenters. The Morgan fingerprint density at radius 3 is 2.45 bits per heavy atom. The molecule has 0 saturated carbocycles. The van der Waals surface area contributed by atoms with Crippen molar-refractivity contribution in [3.05, 3.63) is 59.9 Å². The third-order valence-electron chi connectivity index (χ3n) is 3.22. The summed E-state index contributed by atoms with van der Waals surface area (Å²) in [5, 5.41) is 3.21. The van der Waals surface area contributed by atoms with Crippen LogP contribution in [-0.2, 0) is 15.1 Å². The molecule has 1 aromatic carbocycles. The van der Waals surface area contributed by atoms with Gasteiger partial charge < -0.3 is 10.1 Å². The number of pyridine rings is 1. The number of carbonyl (C=O) groups is 1. The van der Waals surface area contributed by atoms with Gasteiger partial charge in [0.2, 0.25) is 0 Å². The van der Waals surface area contributed by atoms with Gasteiger partial charge in [0.1, 0.15) is 0 Å². The molecule has 0 aliphatic rings. The first kappa shape index (κ1) is 14.1. The Morgan fingerprint density at radius 1 is 1.20 bits per heavy atom. The summed E-state index contributed by atoms with van der Waals surface area (Å²) < 4.78 is 4.92. The fourth-order valence-electron chi connectivity index (χ4n) is 2.01. The lowest BCUT2D eigenvalue weighted by atomic mass is 9.96. The van der Waals surface area contributed by atoms with Crippen LogP contribution < -0.4 is 5.32 Å². The molecule has 0 fully saturated rings. The summed E-state index contributed by atoms with van der Waals surface area (Å²) in [6.07, 6.45) is 1.66.